The van der Waals surface area contributed by atoms with Gasteiger partial charge in [0.25, 0.3) is 0 Å². The normalized spacial score (nSPS) is 26.9. The Morgan fingerprint density at radius 2 is 2.10 bits per heavy atom. The quantitative estimate of drug-likeness (QED) is 0.541. The first-order chi connectivity index (χ1) is 14.3. The number of carboxylic acid groups (broad SMARTS) is 1. The Bertz CT molecular complexity index is 798. The van der Waals surface area contributed by atoms with Gasteiger partial charge in [-0.1, -0.05) is 11.6 Å². The monoisotopic (exact) mass is 434 g/mol. The summed E-state index contributed by atoms with van der Waals surface area (Å²) < 4.78 is 0. The van der Waals surface area contributed by atoms with Crippen LogP contribution in [0.2, 0.25) is 5.02 Å². The van der Waals surface area contributed by atoms with Crippen LogP contribution in [0.1, 0.15) is 37.7 Å². The summed E-state index contributed by atoms with van der Waals surface area (Å²) in [5.41, 5.74) is -0.106. The summed E-state index contributed by atoms with van der Waals surface area (Å²) in [5.74, 6) is 0.408. The first-order valence-corrected chi connectivity index (χ1v) is 10.9. The molecule has 2 aliphatic rings. The third-order valence-corrected chi connectivity index (χ3v) is 6.39. The lowest BCUT2D eigenvalue weighted by atomic mass is 9.74. The summed E-state index contributed by atoms with van der Waals surface area (Å²) in [4.78, 5) is 30.8. The fourth-order valence-corrected chi connectivity index (χ4v) is 4.84. The zero-order valence-corrected chi connectivity index (χ0v) is 18.4. The molecule has 0 bridgehead atoms. The van der Waals surface area contributed by atoms with E-state index in [1.54, 1.807) is 12.3 Å². The van der Waals surface area contributed by atoms with Crippen LogP contribution < -0.4 is 10.6 Å². The average molecular weight is 435 g/mol. The van der Waals surface area contributed by atoms with Crippen LogP contribution in [-0.4, -0.2) is 66.0 Å². The Balaban J connectivity index is 1.71. The Labute approximate surface area is 182 Å². The second kappa shape index (κ2) is 9.90. The Morgan fingerprint density at radius 3 is 2.67 bits per heavy atom. The minimum absolute atomic E-state index is 0.0624. The van der Waals surface area contributed by atoms with E-state index in [0.717, 1.165) is 44.8 Å². The van der Waals surface area contributed by atoms with Crippen LogP contribution in [0.4, 0.5) is 5.82 Å². The highest BCUT2D eigenvalue weighted by Gasteiger charge is 2.45. The van der Waals surface area contributed by atoms with Crippen LogP contribution >= 0.6 is 11.6 Å². The lowest BCUT2D eigenvalue weighted by Crippen LogP contribution is -2.52. The molecule has 1 aromatic heterocycles. The molecule has 2 fully saturated rings. The molecule has 1 aliphatic heterocycles. The van der Waals surface area contributed by atoms with E-state index in [1.165, 1.54) is 6.08 Å². The van der Waals surface area contributed by atoms with Gasteiger partial charge in [0.1, 0.15) is 11.4 Å². The number of carbonyl (C=O) groups is 2. The van der Waals surface area contributed by atoms with Gasteiger partial charge in [-0.05, 0) is 76.4 Å². The number of aromatic nitrogens is 1. The molecule has 0 unspecified atom stereocenters. The largest absolute Gasteiger partial charge is 0.478 e. The molecular formula is C22H31ClN4O3. The second-order valence-electron chi connectivity index (χ2n) is 8.75. The van der Waals surface area contributed by atoms with Crippen LogP contribution in [0.25, 0.3) is 6.08 Å². The van der Waals surface area contributed by atoms with Crippen molar-refractivity contribution < 1.29 is 14.7 Å². The topological polar surface area (TPSA) is 94.6 Å². The minimum atomic E-state index is -1.03. The zero-order chi connectivity index (χ0) is 21.7. The van der Waals surface area contributed by atoms with Gasteiger partial charge in [0, 0.05) is 31.3 Å². The number of hydrogen-bond acceptors (Lipinski definition) is 6. The SMILES string of the molecule is CN(C)CC1CCC(C(=O)[C@@]2(Nc3ncc(/C=C/C(=O)O)cc3Cl)CCNC2)CC1. The molecule has 3 N–H and O–H groups in total. The van der Waals surface area contributed by atoms with Gasteiger partial charge < -0.3 is 20.6 Å². The molecule has 0 amide bonds. The molecule has 0 aromatic carbocycles. The number of carboxylic acids is 1. The van der Waals surface area contributed by atoms with Gasteiger partial charge in [-0.15, -0.1) is 0 Å². The van der Waals surface area contributed by atoms with E-state index in [-0.39, 0.29) is 11.7 Å². The lowest BCUT2D eigenvalue weighted by molar-refractivity contribution is -0.131. The lowest BCUT2D eigenvalue weighted by Gasteiger charge is -2.36. The summed E-state index contributed by atoms with van der Waals surface area (Å²) in [5, 5.41) is 15.8. The number of carbonyl (C=O) groups excluding carboxylic acids is 1. The fourth-order valence-electron chi connectivity index (χ4n) is 4.61. The molecule has 3 rings (SSSR count). The second-order valence-corrected chi connectivity index (χ2v) is 9.16. The number of nitrogens with zero attached hydrogens (tertiary/aromatic N) is 2. The molecule has 8 heteroatoms. The fraction of sp³-hybridized carbons (Fsp3) is 0.591. The molecule has 30 heavy (non-hydrogen) atoms. The number of nitrogens with one attached hydrogen (secondary N) is 2. The minimum Gasteiger partial charge on any atom is -0.478 e. The van der Waals surface area contributed by atoms with E-state index < -0.39 is 11.5 Å². The zero-order valence-electron chi connectivity index (χ0n) is 17.7. The molecule has 1 saturated heterocycles. The van der Waals surface area contributed by atoms with Crippen LogP contribution in [-0.2, 0) is 9.59 Å². The molecule has 0 spiro atoms. The predicted octanol–water partition coefficient (Wildman–Crippen LogP) is 2.91. The highest BCUT2D eigenvalue weighted by Crippen LogP contribution is 2.36. The van der Waals surface area contributed by atoms with Crippen LogP contribution in [0.3, 0.4) is 0 Å². The van der Waals surface area contributed by atoms with E-state index in [1.807, 2.05) is 0 Å². The highest BCUT2D eigenvalue weighted by atomic mass is 35.5. The molecule has 0 radical (unpaired) electrons. The van der Waals surface area contributed by atoms with Crippen molar-refractivity contribution >= 4 is 35.2 Å². The van der Waals surface area contributed by atoms with Gasteiger partial charge in [-0.2, -0.15) is 0 Å². The first kappa shape index (κ1) is 22.7. The summed E-state index contributed by atoms with van der Waals surface area (Å²) in [6, 6.07) is 1.66. The highest BCUT2D eigenvalue weighted by molar-refractivity contribution is 6.33. The summed E-state index contributed by atoms with van der Waals surface area (Å²) >= 11 is 6.40. The molecule has 1 aliphatic carbocycles. The predicted molar refractivity (Wildman–Crippen MR) is 119 cm³/mol. The maximum atomic E-state index is 13.6. The maximum absolute atomic E-state index is 13.6. The van der Waals surface area contributed by atoms with Gasteiger partial charge in [-0.3, -0.25) is 4.79 Å². The van der Waals surface area contributed by atoms with Crippen LogP contribution in [0, 0.1) is 11.8 Å². The van der Waals surface area contributed by atoms with Gasteiger partial charge in [0.2, 0.25) is 0 Å². The third-order valence-electron chi connectivity index (χ3n) is 6.11. The Kier molecular flexibility index (Phi) is 7.50. The number of aliphatic carboxylic acids is 1. The van der Waals surface area contributed by atoms with Crippen molar-refractivity contribution in [1.29, 1.82) is 0 Å². The number of pyridine rings is 1. The van der Waals surface area contributed by atoms with E-state index in [9.17, 15) is 9.59 Å². The molecule has 1 saturated carbocycles. The molecule has 1 aromatic rings. The van der Waals surface area contributed by atoms with E-state index in [2.05, 4.69) is 34.6 Å². The van der Waals surface area contributed by atoms with Crippen molar-refractivity contribution in [3.63, 3.8) is 0 Å². The Morgan fingerprint density at radius 1 is 1.37 bits per heavy atom. The van der Waals surface area contributed by atoms with Crippen molar-refractivity contribution in [2.45, 2.75) is 37.6 Å². The van der Waals surface area contributed by atoms with Crippen molar-refractivity contribution in [3.8, 4) is 0 Å². The molecular weight excluding hydrogens is 404 g/mol. The number of hydrogen-bond donors (Lipinski definition) is 3. The van der Waals surface area contributed by atoms with Crippen molar-refractivity contribution in [2.24, 2.45) is 11.8 Å². The maximum Gasteiger partial charge on any atom is 0.328 e. The van der Waals surface area contributed by atoms with E-state index >= 15 is 0 Å². The number of halogens is 1. The number of anilines is 1. The number of ketones is 1. The third kappa shape index (κ3) is 5.59. The van der Waals surface area contributed by atoms with Crippen molar-refractivity contribution in [1.82, 2.24) is 15.2 Å². The van der Waals surface area contributed by atoms with Gasteiger partial charge in [-0.25, -0.2) is 9.78 Å². The molecule has 2 heterocycles. The van der Waals surface area contributed by atoms with Gasteiger partial charge >= 0.3 is 5.97 Å². The van der Waals surface area contributed by atoms with Gasteiger partial charge in [0.05, 0.1) is 5.02 Å². The first-order valence-electron chi connectivity index (χ1n) is 10.5. The number of Topliss-reactive ketones (excluding diaryl/α,β-unsaturated/α-hetero) is 1. The molecule has 164 valence electrons. The van der Waals surface area contributed by atoms with Crippen molar-refractivity contribution in [2.75, 3.05) is 39.0 Å². The Hall–Kier alpha value is -1.96. The summed E-state index contributed by atoms with van der Waals surface area (Å²) in [6.45, 7) is 2.40. The smallest absolute Gasteiger partial charge is 0.328 e. The summed E-state index contributed by atoms with van der Waals surface area (Å²) in [6.07, 6.45) is 8.77. The van der Waals surface area contributed by atoms with E-state index in [4.69, 9.17) is 16.7 Å². The summed E-state index contributed by atoms with van der Waals surface area (Å²) in [7, 11) is 4.19. The standard InChI is InChI=1S/C22H31ClN4O3/c1-27(2)13-15-3-6-17(7-4-15)20(30)22(9-10-24-14-22)26-21-18(23)11-16(12-25-21)5-8-19(28)29/h5,8,11-12,15,17,24H,3-4,6-7,9-10,13-14H2,1-2H3,(H,25,26)(H,28,29)/b8-5+/t15?,17?,22-/m1/s1. The van der Waals surface area contributed by atoms with Crippen LogP contribution in [0.15, 0.2) is 18.3 Å². The van der Waals surface area contributed by atoms with Gasteiger partial charge in [0.15, 0.2) is 5.78 Å². The van der Waals surface area contributed by atoms with Crippen molar-refractivity contribution in [3.05, 3.63) is 28.9 Å². The molecule has 7 nitrogen and oxygen atoms in total. The number of rotatable bonds is 8. The van der Waals surface area contributed by atoms with Crippen LogP contribution in [0.5, 0.6) is 0 Å². The molecule has 1 atom stereocenters. The average Bonchev–Trinajstić information content (AvgIpc) is 3.17. The van der Waals surface area contributed by atoms with E-state index in [0.29, 0.717) is 35.3 Å².